The van der Waals surface area contributed by atoms with Crippen LogP contribution in [0.3, 0.4) is 0 Å². The molecule has 0 bridgehead atoms. The van der Waals surface area contributed by atoms with Crippen LogP contribution in [0.25, 0.3) is 0 Å². The predicted molar refractivity (Wildman–Crippen MR) is 54.5 cm³/mol. The number of carbonyl (C=O) groups excluding carboxylic acids is 1. The number of H-pyrrole nitrogens is 1. The SMILES string of the molecule is CCCn1c(SCC(C)=O)n[nH]c1=O. The topological polar surface area (TPSA) is 67.8 Å². The molecule has 0 atom stereocenters. The first-order valence-electron chi connectivity index (χ1n) is 4.42. The van der Waals surface area contributed by atoms with Crippen molar-refractivity contribution in [2.75, 3.05) is 5.75 Å². The lowest BCUT2D eigenvalue weighted by atomic mass is 10.5. The molecule has 0 unspecified atom stereocenters. The molecule has 0 saturated heterocycles. The average Bonchev–Trinajstić information content (AvgIpc) is 2.46. The van der Waals surface area contributed by atoms with Crippen molar-refractivity contribution < 1.29 is 4.79 Å². The summed E-state index contributed by atoms with van der Waals surface area (Å²) in [5, 5.41) is 6.80. The zero-order valence-corrected chi connectivity index (χ0v) is 9.06. The fraction of sp³-hybridized carbons (Fsp3) is 0.625. The van der Waals surface area contributed by atoms with Crippen LogP contribution < -0.4 is 5.69 Å². The Morgan fingerprint density at radius 3 is 2.93 bits per heavy atom. The zero-order chi connectivity index (χ0) is 10.6. The number of nitrogens with one attached hydrogen (secondary N) is 1. The van der Waals surface area contributed by atoms with Gasteiger partial charge in [-0.15, -0.1) is 5.10 Å². The Kier molecular flexibility index (Phi) is 3.94. The molecule has 0 saturated carbocycles. The van der Waals surface area contributed by atoms with Crippen LogP contribution in [0.4, 0.5) is 0 Å². The lowest BCUT2D eigenvalue weighted by molar-refractivity contribution is -0.114. The van der Waals surface area contributed by atoms with Crippen LogP contribution in [0.5, 0.6) is 0 Å². The Labute approximate surface area is 85.9 Å². The first kappa shape index (κ1) is 11.0. The van der Waals surface area contributed by atoms with E-state index in [-0.39, 0.29) is 11.5 Å². The quantitative estimate of drug-likeness (QED) is 0.733. The predicted octanol–water partition coefficient (Wildman–Crippen LogP) is 0.662. The summed E-state index contributed by atoms with van der Waals surface area (Å²) in [5.74, 6) is 0.432. The molecule has 1 aromatic heterocycles. The fourth-order valence-electron chi connectivity index (χ4n) is 1.00. The average molecular weight is 215 g/mol. The summed E-state index contributed by atoms with van der Waals surface area (Å²) in [5.41, 5.74) is -0.210. The molecule has 1 heterocycles. The number of thioether (sulfide) groups is 1. The van der Waals surface area contributed by atoms with Gasteiger partial charge in [-0.05, 0) is 13.3 Å². The second-order valence-corrected chi connectivity index (χ2v) is 3.90. The van der Waals surface area contributed by atoms with Crippen molar-refractivity contribution in [2.24, 2.45) is 0 Å². The first-order chi connectivity index (χ1) is 6.65. The van der Waals surface area contributed by atoms with Gasteiger partial charge in [0.05, 0.1) is 5.75 Å². The third-order valence-corrected chi connectivity index (χ3v) is 2.70. The maximum Gasteiger partial charge on any atom is 0.343 e. The molecule has 1 N–H and O–H groups in total. The van der Waals surface area contributed by atoms with Crippen molar-refractivity contribution in [1.82, 2.24) is 14.8 Å². The summed E-state index contributed by atoms with van der Waals surface area (Å²) in [6.45, 7) is 4.14. The minimum atomic E-state index is -0.210. The molecular weight excluding hydrogens is 202 g/mol. The first-order valence-corrected chi connectivity index (χ1v) is 5.41. The molecular formula is C8H13N3O2S. The molecule has 5 nitrogen and oxygen atoms in total. The summed E-state index contributed by atoms with van der Waals surface area (Å²) in [6, 6.07) is 0. The van der Waals surface area contributed by atoms with Crippen molar-refractivity contribution in [1.29, 1.82) is 0 Å². The smallest absolute Gasteiger partial charge is 0.299 e. The van der Waals surface area contributed by atoms with Gasteiger partial charge in [0.25, 0.3) is 0 Å². The Hall–Kier alpha value is -1.04. The van der Waals surface area contributed by atoms with Crippen molar-refractivity contribution in [3.05, 3.63) is 10.5 Å². The molecule has 0 amide bonds. The molecule has 1 aromatic rings. The van der Waals surface area contributed by atoms with E-state index in [1.165, 1.54) is 18.7 Å². The van der Waals surface area contributed by atoms with E-state index >= 15 is 0 Å². The fourth-order valence-corrected chi connectivity index (χ4v) is 1.77. The van der Waals surface area contributed by atoms with Gasteiger partial charge < -0.3 is 0 Å². The summed E-state index contributed by atoms with van der Waals surface area (Å²) in [4.78, 5) is 22.0. The number of hydrogen-bond donors (Lipinski definition) is 1. The highest BCUT2D eigenvalue weighted by Gasteiger charge is 2.08. The summed E-state index contributed by atoms with van der Waals surface area (Å²) < 4.78 is 1.55. The van der Waals surface area contributed by atoms with Gasteiger partial charge in [0, 0.05) is 6.54 Å². The summed E-state index contributed by atoms with van der Waals surface area (Å²) >= 11 is 1.29. The van der Waals surface area contributed by atoms with E-state index in [4.69, 9.17) is 0 Å². The second kappa shape index (κ2) is 4.99. The van der Waals surface area contributed by atoms with Crippen LogP contribution in [-0.2, 0) is 11.3 Å². The maximum atomic E-state index is 11.2. The molecule has 0 aromatic carbocycles. The Balaban J connectivity index is 2.75. The van der Waals surface area contributed by atoms with Gasteiger partial charge in [0.15, 0.2) is 5.16 Å². The Morgan fingerprint density at radius 2 is 2.36 bits per heavy atom. The minimum Gasteiger partial charge on any atom is -0.299 e. The van der Waals surface area contributed by atoms with Crippen LogP contribution in [0.2, 0.25) is 0 Å². The Bertz CT molecular complexity index is 369. The molecule has 0 spiro atoms. The standard InChI is InChI=1S/C8H13N3O2S/c1-3-4-11-7(13)9-10-8(11)14-5-6(2)12/h3-5H2,1-2H3,(H,9,13). The van der Waals surface area contributed by atoms with Crippen molar-refractivity contribution in [2.45, 2.75) is 32.0 Å². The van der Waals surface area contributed by atoms with Crippen molar-refractivity contribution in [3.8, 4) is 0 Å². The monoisotopic (exact) mass is 215 g/mol. The van der Waals surface area contributed by atoms with Crippen LogP contribution in [-0.4, -0.2) is 26.3 Å². The van der Waals surface area contributed by atoms with Gasteiger partial charge in [0.2, 0.25) is 0 Å². The lowest BCUT2D eigenvalue weighted by Crippen LogP contribution is -2.17. The molecule has 0 radical (unpaired) electrons. The number of rotatable bonds is 5. The molecule has 0 fully saturated rings. The van der Waals surface area contributed by atoms with Gasteiger partial charge in [-0.3, -0.25) is 9.36 Å². The van der Waals surface area contributed by atoms with E-state index in [0.29, 0.717) is 17.5 Å². The van der Waals surface area contributed by atoms with Gasteiger partial charge in [-0.25, -0.2) is 9.89 Å². The van der Waals surface area contributed by atoms with Crippen molar-refractivity contribution >= 4 is 17.5 Å². The van der Waals surface area contributed by atoms with Gasteiger partial charge in [-0.2, -0.15) is 0 Å². The van der Waals surface area contributed by atoms with E-state index in [1.807, 2.05) is 6.92 Å². The molecule has 6 heteroatoms. The van der Waals surface area contributed by atoms with Crippen LogP contribution >= 0.6 is 11.8 Å². The third-order valence-electron chi connectivity index (χ3n) is 1.57. The molecule has 14 heavy (non-hydrogen) atoms. The lowest BCUT2D eigenvalue weighted by Gasteiger charge is -2.01. The number of carbonyl (C=O) groups is 1. The number of aromatic nitrogens is 3. The number of Topliss-reactive ketones (excluding diaryl/α,β-unsaturated/α-hetero) is 1. The zero-order valence-electron chi connectivity index (χ0n) is 8.24. The van der Waals surface area contributed by atoms with Gasteiger partial charge in [0.1, 0.15) is 5.78 Å². The molecule has 1 rings (SSSR count). The molecule has 0 aliphatic heterocycles. The molecule has 78 valence electrons. The normalized spacial score (nSPS) is 10.4. The van der Waals surface area contributed by atoms with E-state index in [9.17, 15) is 9.59 Å². The summed E-state index contributed by atoms with van der Waals surface area (Å²) in [6.07, 6.45) is 0.868. The highest BCUT2D eigenvalue weighted by Crippen LogP contribution is 2.12. The van der Waals surface area contributed by atoms with E-state index in [2.05, 4.69) is 10.2 Å². The van der Waals surface area contributed by atoms with Gasteiger partial charge in [-0.1, -0.05) is 18.7 Å². The van der Waals surface area contributed by atoms with Crippen LogP contribution in [0.15, 0.2) is 9.95 Å². The maximum absolute atomic E-state index is 11.2. The second-order valence-electron chi connectivity index (χ2n) is 2.95. The number of ketones is 1. The molecule has 0 aliphatic rings. The van der Waals surface area contributed by atoms with Crippen LogP contribution in [0.1, 0.15) is 20.3 Å². The van der Waals surface area contributed by atoms with Crippen molar-refractivity contribution in [3.63, 3.8) is 0 Å². The minimum absolute atomic E-state index is 0.0773. The molecule has 0 aliphatic carbocycles. The third kappa shape index (κ3) is 2.73. The van der Waals surface area contributed by atoms with E-state index in [1.54, 1.807) is 4.57 Å². The summed E-state index contributed by atoms with van der Waals surface area (Å²) in [7, 11) is 0. The largest absolute Gasteiger partial charge is 0.343 e. The Morgan fingerprint density at radius 1 is 1.64 bits per heavy atom. The number of hydrogen-bond acceptors (Lipinski definition) is 4. The van der Waals surface area contributed by atoms with E-state index in [0.717, 1.165) is 6.42 Å². The van der Waals surface area contributed by atoms with Gasteiger partial charge >= 0.3 is 5.69 Å². The number of nitrogens with zero attached hydrogens (tertiary/aromatic N) is 2. The highest BCUT2D eigenvalue weighted by atomic mass is 32.2. The number of aromatic amines is 1. The van der Waals surface area contributed by atoms with Crippen LogP contribution in [0, 0.1) is 0 Å². The highest BCUT2D eigenvalue weighted by molar-refractivity contribution is 7.99. The van der Waals surface area contributed by atoms with E-state index < -0.39 is 0 Å².